The molecule has 0 spiro atoms. The van der Waals surface area contributed by atoms with E-state index in [0.29, 0.717) is 11.6 Å². The summed E-state index contributed by atoms with van der Waals surface area (Å²) in [7, 11) is 0. The number of aromatic nitrogens is 2. The van der Waals surface area contributed by atoms with E-state index in [1.54, 1.807) is 18.3 Å². The van der Waals surface area contributed by atoms with Crippen LogP contribution in [-0.2, 0) is 0 Å². The lowest BCUT2D eigenvalue weighted by Crippen LogP contribution is -2.15. The second-order valence-electron chi connectivity index (χ2n) is 4.46. The van der Waals surface area contributed by atoms with Crippen LogP contribution in [0, 0.1) is 0 Å². The molecule has 7 heteroatoms. The van der Waals surface area contributed by atoms with Gasteiger partial charge in [-0.1, -0.05) is 23.2 Å². The second-order valence-corrected chi connectivity index (χ2v) is 5.26. The Kier molecular flexibility index (Phi) is 4.98. The molecule has 1 amide bonds. The summed E-state index contributed by atoms with van der Waals surface area (Å²) in [6.45, 7) is 3.75. The van der Waals surface area contributed by atoms with E-state index in [1.807, 2.05) is 13.8 Å². The van der Waals surface area contributed by atoms with Crippen LogP contribution in [0.25, 0.3) is 0 Å². The molecule has 2 heterocycles. The van der Waals surface area contributed by atoms with Gasteiger partial charge in [0.25, 0.3) is 5.91 Å². The van der Waals surface area contributed by atoms with Crippen LogP contribution in [0.5, 0.6) is 5.88 Å². The smallest absolute Gasteiger partial charge is 0.257 e. The predicted molar refractivity (Wildman–Crippen MR) is 82.2 cm³/mol. The Balaban J connectivity index is 2.25. The fraction of sp³-hybridized carbons (Fsp3) is 0.214. The fourth-order valence-electron chi connectivity index (χ4n) is 1.58. The molecule has 0 unspecified atom stereocenters. The molecular formula is C14H13Cl2N3O2. The number of halogens is 2. The standard InChI is InChI=1S/C14H13Cl2N3O2/c1-8(2)21-14-11(4-3-5-17-14)19-13(20)9-6-12(16)18-7-10(9)15/h3-8H,1-2H3,(H,19,20). The molecule has 2 rings (SSSR count). The number of hydrogen-bond donors (Lipinski definition) is 1. The van der Waals surface area contributed by atoms with Crippen molar-refractivity contribution < 1.29 is 9.53 Å². The largest absolute Gasteiger partial charge is 0.473 e. The topological polar surface area (TPSA) is 64.1 Å². The summed E-state index contributed by atoms with van der Waals surface area (Å²) < 4.78 is 5.54. The highest BCUT2D eigenvalue weighted by Crippen LogP contribution is 2.24. The van der Waals surface area contributed by atoms with Crippen molar-refractivity contribution in [3.63, 3.8) is 0 Å². The van der Waals surface area contributed by atoms with Gasteiger partial charge < -0.3 is 10.1 Å². The molecule has 110 valence electrons. The van der Waals surface area contributed by atoms with Crippen LogP contribution >= 0.6 is 23.2 Å². The molecule has 0 fully saturated rings. The SMILES string of the molecule is CC(C)Oc1ncccc1NC(=O)c1cc(Cl)ncc1Cl. The van der Waals surface area contributed by atoms with Gasteiger partial charge in [0.1, 0.15) is 10.8 Å². The fourth-order valence-corrected chi connectivity index (χ4v) is 1.93. The summed E-state index contributed by atoms with van der Waals surface area (Å²) in [6, 6.07) is 4.79. The third-order valence-electron chi connectivity index (χ3n) is 2.43. The lowest BCUT2D eigenvalue weighted by atomic mass is 10.2. The number of amides is 1. The number of rotatable bonds is 4. The zero-order chi connectivity index (χ0) is 15.4. The van der Waals surface area contributed by atoms with Gasteiger partial charge in [0.15, 0.2) is 0 Å². The van der Waals surface area contributed by atoms with Crippen LogP contribution < -0.4 is 10.1 Å². The average molecular weight is 326 g/mol. The molecule has 0 bridgehead atoms. The van der Waals surface area contributed by atoms with Gasteiger partial charge in [-0.25, -0.2) is 9.97 Å². The maximum Gasteiger partial charge on any atom is 0.257 e. The second kappa shape index (κ2) is 6.74. The molecule has 0 atom stereocenters. The Morgan fingerprint density at radius 1 is 1.33 bits per heavy atom. The molecule has 0 saturated heterocycles. The Hall–Kier alpha value is -1.85. The van der Waals surface area contributed by atoms with E-state index in [0.717, 1.165) is 0 Å². The van der Waals surface area contributed by atoms with Gasteiger partial charge >= 0.3 is 0 Å². The number of carbonyl (C=O) groups is 1. The van der Waals surface area contributed by atoms with E-state index < -0.39 is 5.91 Å². The lowest BCUT2D eigenvalue weighted by molar-refractivity contribution is 0.102. The summed E-state index contributed by atoms with van der Waals surface area (Å²) in [6.07, 6.45) is 2.85. The molecule has 21 heavy (non-hydrogen) atoms. The van der Waals surface area contributed by atoms with Crippen LogP contribution in [0.3, 0.4) is 0 Å². The van der Waals surface area contributed by atoms with E-state index in [2.05, 4.69) is 15.3 Å². The normalized spacial score (nSPS) is 10.5. The zero-order valence-corrected chi connectivity index (χ0v) is 12.9. The molecule has 0 saturated carbocycles. The van der Waals surface area contributed by atoms with Crippen LogP contribution in [0.1, 0.15) is 24.2 Å². The van der Waals surface area contributed by atoms with Crippen LogP contribution in [0.4, 0.5) is 5.69 Å². The molecule has 2 aromatic heterocycles. The average Bonchev–Trinajstić information content (AvgIpc) is 2.43. The number of carbonyl (C=O) groups excluding carboxylic acids is 1. The first-order chi connectivity index (χ1) is 9.97. The summed E-state index contributed by atoms with van der Waals surface area (Å²) in [5.74, 6) is -0.0666. The first-order valence-electron chi connectivity index (χ1n) is 6.21. The number of anilines is 1. The minimum absolute atomic E-state index is 0.0606. The van der Waals surface area contributed by atoms with E-state index in [-0.39, 0.29) is 21.8 Å². The van der Waals surface area contributed by atoms with Crippen molar-refractivity contribution in [3.05, 3.63) is 46.3 Å². The summed E-state index contributed by atoms with van der Waals surface area (Å²) in [4.78, 5) is 20.2. The quantitative estimate of drug-likeness (QED) is 0.868. The highest BCUT2D eigenvalue weighted by atomic mass is 35.5. The van der Waals surface area contributed by atoms with Gasteiger partial charge in [0.05, 0.1) is 16.7 Å². The molecule has 0 aliphatic heterocycles. The first kappa shape index (κ1) is 15.5. The van der Waals surface area contributed by atoms with Crippen LogP contribution in [0.15, 0.2) is 30.6 Å². The Labute approximate surface area is 132 Å². The Morgan fingerprint density at radius 2 is 2.10 bits per heavy atom. The molecule has 0 aromatic carbocycles. The highest BCUT2D eigenvalue weighted by Gasteiger charge is 2.15. The van der Waals surface area contributed by atoms with Crippen molar-refractivity contribution in [1.82, 2.24) is 9.97 Å². The van der Waals surface area contributed by atoms with Crippen molar-refractivity contribution in [3.8, 4) is 5.88 Å². The third-order valence-corrected chi connectivity index (χ3v) is 2.94. The molecular weight excluding hydrogens is 313 g/mol. The number of nitrogens with zero attached hydrogens (tertiary/aromatic N) is 2. The molecule has 0 aliphatic carbocycles. The van der Waals surface area contributed by atoms with Gasteiger partial charge in [-0.15, -0.1) is 0 Å². The Bertz CT molecular complexity index is 662. The molecule has 2 aromatic rings. The predicted octanol–water partition coefficient (Wildman–Crippen LogP) is 3.82. The minimum atomic E-state index is -0.411. The van der Waals surface area contributed by atoms with Crippen molar-refractivity contribution >= 4 is 34.8 Å². The van der Waals surface area contributed by atoms with Gasteiger partial charge in [-0.3, -0.25) is 4.79 Å². The lowest BCUT2D eigenvalue weighted by Gasteiger charge is -2.13. The van der Waals surface area contributed by atoms with E-state index in [4.69, 9.17) is 27.9 Å². The zero-order valence-electron chi connectivity index (χ0n) is 11.4. The van der Waals surface area contributed by atoms with Gasteiger partial charge in [-0.2, -0.15) is 0 Å². The van der Waals surface area contributed by atoms with Crippen LogP contribution in [-0.4, -0.2) is 22.0 Å². The van der Waals surface area contributed by atoms with Gasteiger partial charge in [-0.05, 0) is 32.0 Å². The van der Waals surface area contributed by atoms with E-state index >= 15 is 0 Å². The van der Waals surface area contributed by atoms with Crippen molar-refractivity contribution in [2.24, 2.45) is 0 Å². The van der Waals surface area contributed by atoms with Gasteiger partial charge in [0.2, 0.25) is 5.88 Å². The minimum Gasteiger partial charge on any atom is -0.473 e. The number of pyridine rings is 2. The summed E-state index contributed by atoms with van der Waals surface area (Å²) >= 11 is 11.7. The van der Waals surface area contributed by atoms with Crippen LogP contribution in [0.2, 0.25) is 10.2 Å². The van der Waals surface area contributed by atoms with E-state index in [1.165, 1.54) is 12.3 Å². The molecule has 5 nitrogen and oxygen atoms in total. The molecule has 1 N–H and O–H groups in total. The maximum absolute atomic E-state index is 12.3. The van der Waals surface area contributed by atoms with Crippen molar-refractivity contribution in [2.45, 2.75) is 20.0 Å². The third kappa shape index (κ3) is 4.06. The summed E-state index contributed by atoms with van der Waals surface area (Å²) in [5.41, 5.74) is 0.691. The molecule has 0 radical (unpaired) electrons. The first-order valence-corrected chi connectivity index (χ1v) is 6.97. The van der Waals surface area contributed by atoms with Crippen molar-refractivity contribution in [2.75, 3.05) is 5.32 Å². The highest BCUT2D eigenvalue weighted by molar-refractivity contribution is 6.35. The number of hydrogen-bond acceptors (Lipinski definition) is 4. The number of nitrogens with one attached hydrogen (secondary N) is 1. The number of ether oxygens (including phenoxy) is 1. The summed E-state index contributed by atoms with van der Waals surface area (Å²) in [5, 5.41) is 3.11. The maximum atomic E-state index is 12.3. The monoisotopic (exact) mass is 325 g/mol. The van der Waals surface area contributed by atoms with Gasteiger partial charge in [0, 0.05) is 12.4 Å². The molecule has 0 aliphatic rings. The van der Waals surface area contributed by atoms with Crippen molar-refractivity contribution in [1.29, 1.82) is 0 Å². The van der Waals surface area contributed by atoms with E-state index in [9.17, 15) is 4.79 Å². The Morgan fingerprint density at radius 3 is 2.81 bits per heavy atom.